The first kappa shape index (κ1) is 22.5. The zero-order valence-corrected chi connectivity index (χ0v) is 19.6. The lowest BCUT2D eigenvalue weighted by Gasteiger charge is -2.23. The first-order valence-electron chi connectivity index (χ1n) is 10.9. The minimum atomic E-state index is -3.57. The smallest absolute Gasteiger partial charge is 0.177 e. The van der Waals surface area contributed by atoms with E-state index in [0.717, 1.165) is 35.0 Å². The van der Waals surface area contributed by atoms with Crippen molar-refractivity contribution in [3.05, 3.63) is 48.8 Å². The van der Waals surface area contributed by atoms with Gasteiger partial charge in [-0.15, -0.1) is 0 Å². The molecule has 5 heterocycles. The van der Waals surface area contributed by atoms with Crippen molar-refractivity contribution in [1.29, 1.82) is 10.5 Å². The number of hydrogen-bond acceptors (Lipinski definition) is 9. The molecule has 0 bridgehead atoms. The number of aromatic nitrogens is 6. The van der Waals surface area contributed by atoms with Gasteiger partial charge in [0.25, 0.3) is 0 Å². The average Bonchev–Trinajstić information content (AvgIpc) is 3.62. The zero-order valence-electron chi connectivity index (χ0n) is 18.8. The van der Waals surface area contributed by atoms with Gasteiger partial charge < -0.3 is 9.88 Å². The monoisotopic (exact) mass is 487 g/mol. The third-order valence-corrected chi connectivity index (χ3v) is 7.48. The van der Waals surface area contributed by atoms with Crippen LogP contribution in [0.15, 0.2) is 48.1 Å². The Morgan fingerprint density at radius 2 is 2.11 bits per heavy atom. The largest absolute Gasteiger partial charge is 0.355 e. The van der Waals surface area contributed by atoms with Crippen molar-refractivity contribution < 1.29 is 8.42 Å². The number of nitriles is 2. The molecule has 0 aromatic carbocycles. The molecule has 2 unspecified atom stereocenters. The maximum Gasteiger partial charge on any atom is 0.177 e. The Hall–Kier alpha value is -4.29. The summed E-state index contributed by atoms with van der Waals surface area (Å²) in [4.78, 5) is 17.9. The van der Waals surface area contributed by atoms with Crippen LogP contribution >= 0.6 is 0 Å². The van der Waals surface area contributed by atoms with Gasteiger partial charge in [-0.3, -0.25) is 4.68 Å². The van der Waals surface area contributed by atoms with Gasteiger partial charge in [-0.1, -0.05) is 0 Å². The number of nitrogens with one attached hydrogen (secondary N) is 1. The fourth-order valence-electron chi connectivity index (χ4n) is 4.70. The standard InChI is InChI=1S/C23H21N9O2S/c1-35(33,34)20-4-8-27-23(18(20)10-25)31-9-5-15(12-31)19(2-6-24)32-13-16(11-30-32)21-17-3-7-26-22(17)29-14-28-21/h3-4,7-8,11,13-15,19H,2,5,9,12H2,1H3,(H,26,28,29). The fraction of sp³-hybridized carbons (Fsp3) is 0.304. The molecule has 4 aromatic heterocycles. The third kappa shape index (κ3) is 4.09. The zero-order chi connectivity index (χ0) is 24.6. The second-order valence-corrected chi connectivity index (χ2v) is 10.5. The summed E-state index contributed by atoms with van der Waals surface area (Å²) in [5.41, 5.74) is 2.36. The molecule has 12 heteroatoms. The molecule has 0 saturated carbocycles. The molecular formula is C23H21N9O2S. The first-order valence-corrected chi connectivity index (χ1v) is 12.8. The molecule has 0 radical (unpaired) electrons. The van der Waals surface area contributed by atoms with Crippen molar-refractivity contribution in [3.8, 4) is 23.4 Å². The molecule has 1 aliphatic rings. The molecule has 2 atom stereocenters. The van der Waals surface area contributed by atoms with Gasteiger partial charge in [0.05, 0.1) is 35.3 Å². The molecule has 176 valence electrons. The van der Waals surface area contributed by atoms with Crippen LogP contribution < -0.4 is 4.90 Å². The Balaban J connectivity index is 1.43. The highest BCUT2D eigenvalue weighted by Gasteiger charge is 2.34. The maximum absolute atomic E-state index is 12.2. The van der Waals surface area contributed by atoms with E-state index in [4.69, 9.17) is 0 Å². The lowest BCUT2D eigenvalue weighted by Crippen LogP contribution is -2.26. The molecule has 0 spiro atoms. The minimum absolute atomic E-state index is 0.0281. The van der Waals surface area contributed by atoms with E-state index < -0.39 is 9.84 Å². The molecule has 5 rings (SSSR count). The number of H-pyrrole nitrogens is 1. The van der Waals surface area contributed by atoms with E-state index in [0.29, 0.717) is 18.9 Å². The van der Waals surface area contributed by atoms with E-state index in [1.165, 1.54) is 18.6 Å². The molecular weight excluding hydrogens is 466 g/mol. The maximum atomic E-state index is 12.2. The van der Waals surface area contributed by atoms with Crippen molar-refractivity contribution >= 4 is 26.7 Å². The highest BCUT2D eigenvalue weighted by Crippen LogP contribution is 2.35. The average molecular weight is 488 g/mol. The summed E-state index contributed by atoms with van der Waals surface area (Å²) in [5.74, 6) is 0.404. The van der Waals surface area contributed by atoms with E-state index in [2.05, 4.69) is 31.1 Å². The lowest BCUT2D eigenvalue weighted by molar-refractivity contribution is 0.332. The van der Waals surface area contributed by atoms with Crippen LogP contribution in [0.3, 0.4) is 0 Å². The second-order valence-electron chi connectivity index (χ2n) is 8.49. The summed E-state index contributed by atoms with van der Waals surface area (Å²) in [5, 5.41) is 24.7. The van der Waals surface area contributed by atoms with E-state index >= 15 is 0 Å². The van der Waals surface area contributed by atoms with Crippen LogP contribution in [-0.2, 0) is 9.84 Å². The Bertz CT molecular complexity index is 1590. The van der Waals surface area contributed by atoms with Crippen LogP contribution in [0, 0.1) is 28.6 Å². The number of aromatic amines is 1. The van der Waals surface area contributed by atoms with Gasteiger partial charge in [-0.2, -0.15) is 15.6 Å². The van der Waals surface area contributed by atoms with E-state index in [9.17, 15) is 18.9 Å². The molecule has 4 aromatic rings. The Morgan fingerprint density at radius 1 is 1.26 bits per heavy atom. The lowest BCUT2D eigenvalue weighted by atomic mass is 9.96. The van der Waals surface area contributed by atoms with Crippen molar-refractivity contribution in [3.63, 3.8) is 0 Å². The summed E-state index contributed by atoms with van der Waals surface area (Å²) >= 11 is 0. The van der Waals surface area contributed by atoms with Gasteiger partial charge >= 0.3 is 0 Å². The molecule has 0 amide bonds. The van der Waals surface area contributed by atoms with Crippen LogP contribution in [0.4, 0.5) is 5.82 Å². The number of anilines is 1. The number of sulfone groups is 1. The van der Waals surface area contributed by atoms with Crippen LogP contribution in [-0.4, -0.2) is 57.5 Å². The van der Waals surface area contributed by atoms with Gasteiger partial charge in [0.15, 0.2) is 9.84 Å². The normalized spacial score (nSPS) is 16.8. The van der Waals surface area contributed by atoms with Gasteiger partial charge in [0.2, 0.25) is 0 Å². The van der Waals surface area contributed by atoms with Crippen LogP contribution in [0.1, 0.15) is 24.4 Å². The van der Waals surface area contributed by atoms with Crippen molar-refractivity contribution in [2.75, 3.05) is 24.2 Å². The van der Waals surface area contributed by atoms with Crippen molar-refractivity contribution in [2.24, 2.45) is 5.92 Å². The highest BCUT2D eigenvalue weighted by molar-refractivity contribution is 7.90. The predicted molar refractivity (Wildman–Crippen MR) is 127 cm³/mol. The number of nitrogens with zero attached hydrogens (tertiary/aromatic N) is 8. The molecule has 1 saturated heterocycles. The summed E-state index contributed by atoms with van der Waals surface area (Å²) in [6, 6.07) is 7.34. The van der Waals surface area contributed by atoms with Gasteiger partial charge in [0, 0.05) is 54.8 Å². The summed E-state index contributed by atoms with van der Waals surface area (Å²) in [6.07, 6.45) is 10.4. The number of pyridine rings is 1. The minimum Gasteiger partial charge on any atom is -0.355 e. The summed E-state index contributed by atoms with van der Waals surface area (Å²) < 4.78 is 26.1. The molecule has 0 aliphatic carbocycles. The van der Waals surface area contributed by atoms with Gasteiger partial charge in [-0.25, -0.2) is 23.4 Å². The van der Waals surface area contributed by atoms with Crippen molar-refractivity contribution in [2.45, 2.75) is 23.8 Å². The predicted octanol–water partition coefficient (Wildman–Crippen LogP) is 2.47. The summed E-state index contributed by atoms with van der Waals surface area (Å²) in [6.45, 7) is 1.11. The third-order valence-electron chi connectivity index (χ3n) is 6.34. The Labute approximate surface area is 201 Å². The number of rotatable bonds is 6. The molecule has 1 aliphatic heterocycles. The molecule has 35 heavy (non-hydrogen) atoms. The van der Waals surface area contributed by atoms with Gasteiger partial charge in [0.1, 0.15) is 29.4 Å². The molecule has 1 fully saturated rings. The van der Waals surface area contributed by atoms with E-state index in [1.807, 2.05) is 23.2 Å². The summed E-state index contributed by atoms with van der Waals surface area (Å²) in [7, 11) is -3.57. The van der Waals surface area contributed by atoms with Crippen LogP contribution in [0.5, 0.6) is 0 Å². The first-order chi connectivity index (χ1) is 16.9. The van der Waals surface area contributed by atoms with E-state index in [-0.39, 0.29) is 28.8 Å². The quantitative estimate of drug-likeness (QED) is 0.431. The molecule has 11 nitrogen and oxygen atoms in total. The van der Waals surface area contributed by atoms with Crippen LogP contribution in [0.25, 0.3) is 22.3 Å². The Kier molecular flexibility index (Phi) is 5.67. The van der Waals surface area contributed by atoms with Crippen LogP contribution in [0.2, 0.25) is 0 Å². The fourth-order valence-corrected chi connectivity index (χ4v) is 5.51. The topological polar surface area (TPSA) is 157 Å². The molecule has 1 N–H and O–H groups in total. The van der Waals surface area contributed by atoms with Gasteiger partial charge in [-0.05, 0) is 18.6 Å². The number of fused-ring (bicyclic) bond motifs is 1. The SMILES string of the molecule is CS(=O)(=O)c1ccnc(N2CCC(C(CC#N)n3cc(-c4ncnc5[nH]ccc45)cn3)C2)c1C#N. The highest BCUT2D eigenvalue weighted by atomic mass is 32.2. The van der Waals surface area contributed by atoms with Crippen molar-refractivity contribution in [1.82, 2.24) is 29.7 Å². The Morgan fingerprint density at radius 3 is 2.89 bits per heavy atom. The second kappa shape index (κ2) is 8.81. The van der Waals surface area contributed by atoms with E-state index in [1.54, 1.807) is 17.1 Å². The number of hydrogen-bond donors (Lipinski definition) is 1.